The Bertz CT molecular complexity index is 339. The van der Waals surface area contributed by atoms with Crippen LogP contribution in [-0.4, -0.2) is 19.0 Å². The van der Waals surface area contributed by atoms with Gasteiger partial charge in [0.2, 0.25) is 5.22 Å². The second-order valence-electron chi connectivity index (χ2n) is 3.79. The van der Waals surface area contributed by atoms with E-state index in [-0.39, 0.29) is 11.0 Å². The summed E-state index contributed by atoms with van der Waals surface area (Å²) < 4.78 is 10.1. The predicted octanol–water partition coefficient (Wildman–Crippen LogP) is 2.93. The lowest BCUT2D eigenvalue weighted by atomic mass is 9.93. The Labute approximate surface area is 93.4 Å². The molecule has 0 atom stereocenters. The number of ether oxygens (including phenoxy) is 1. The van der Waals surface area contributed by atoms with Gasteiger partial charge in [-0.05, 0) is 36.4 Å². The van der Waals surface area contributed by atoms with E-state index in [0.717, 1.165) is 26.1 Å². The molecule has 0 radical (unpaired) electrons. The maximum absolute atomic E-state index is 11.8. The van der Waals surface area contributed by atoms with Crippen LogP contribution >= 0.6 is 11.6 Å². The van der Waals surface area contributed by atoms with Crippen LogP contribution in [-0.2, 0) is 4.74 Å². The monoisotopic (exact) mass is 228 g/mol. The topological polar surface area (TPSA) is 39.4 Å². The van der Waals surface area contributed by atoms with Crippen molar-refractivity contribution in [2.45, 2.75) is 19.3 Å². The molecule has 1 fully saturated rings. The van der Waals surface area contributed by atoms with E-state index in [1.165, 1.54) is 6.26 Å². The van der Waals surface area contributed by atoms with Gasteiger partial charge in [-0.25, -0.2) is 0 Å². The van der Waals surface area contributed by atoms with Crippen LogP contribution < -0.4 is 0 Å². The van der Waals surface area contributed by atoms with E-state index in [0.29, 0.717) is 17.9 Å². The third kappa shape index (κ3) is 2.61. The maximum atomic E-state index is 11.8. The molecule has 0 amide bonds. The average Bonchev–Trinajstić information content (AvgIpc) is 2.66. The average molecular weight is 229 g/mol. The zero-order valence-corrected chi connectivity index (χ0v) is 9.13. The molecule has 82 valence electrons. The molecule has 15 heavy (non-hydrogen) atoms. The summed E-state index contributed by atoms with van der Waals surface area (Å²) in [5.74, 6) is 0.498. The molecule has 0 N–H and O–H groups in total. The number of rotatable bonds is 3. The number of halogens is 1. The fraction of sp³-hybridized carbons (Fsp3) is 0.545. The van der Waals surface area contributed by atoms with Gasteiger partial charge in [-0.1, -0.05) is 0 Å². The Kier molecular flexibility index (Phi) is 3.44. The molecule has 1 aliphatic rings. The molecule has 0 saturated carbocycles. The van der Waals surface area contributed by atoms with Gasteiger partial charge in [-0.2, -0.15) is 0 Å². The van der Waals surface area contributed by atoms with Crippen LogP contribution in [0.5, 0.6) is 0 Å². The van der Waals surface area contributed by atoms with Crippen molar-refractivity contribution in [3.05, 3.63) is 23.1 Å². The quantitative estimate of drug-likeness (QED) is 0.747. The number of furan rings is 1. The van der Waals surface area contributed by atoms with E-state index in [1.54, 1.807) is 6.07 Å². The van der Waals surface area contributed by atoms with E-state index in [4.69, 9.17) is 20.8 Å². The maximum Gasteiger partial charge on any atom is 0.203 e. The highest BCUT2D eigenvalue weighted by molar-refractivity contribution is 6.32. The molecule has 0 bridgehead atoms. The van der Waals surface area contributed by atoms with Crippen molar-refractivity contribution in [3.63, 3.8) is 0 Å². The molecule has 0 unspecified atom stereocenters. The molecule has 0 aromatic carbocycles. The van der Waals surface area contributed by atoms with Crippen LogP contribution in [0.4, 0.5) is 0 Å². The van der Waals surface area contributed by atoms with Gasteiger partial charge in [0.1, 0.15) is 0 Å². The number of carbonyl (C=O) groups is 1. The van der Waals surface area contributed by atoms with Crippen LogP contribution in [0.15, 0.2) is 16.7 Å². The lowest BCUT2D eigenvalue weighted by Gasteiger charge is -2.20. The molecular weight excluding hydrogens is 216 g/mol. The summed E-state index contributed by atoms with van der Waals surface area (Å²) in [6, 6.07) is 1.63. The van der Waals surface area contributed by atoms with Gasteiger partial charge < -0.3 is 9.15 Å². The second kappa shape index (κ2) is 4.81. The van der Waals surface area contributed by atoms with Crippen LogP contribution in [0, 0.1) is 5.92 Å². The summed E-state index contributed by atoms with van der Waals surface area (Å²) >= 11 is 5.74. The molecule has 1 aromatic rings. The van der Waals surface area contributed by atoms with Gasteiger partial charge >= 0.3 is 0 Å². The van der Waals surface area contributed by atoms with E-state index >= 15 is 0 Å². The Balaban J connectivity index is 1.94. The van der Waals surface area contributed by atoms with Gasteiger partial charge in [0.15, 0.2) is 5.78 Å². The summed E-state index contributed by atoms with van der Waals surface area (Å²) in [5, 5.41) is 0.201. The first-order chi connectivity index (χ1) is 7.27. The first-order valence-electron chi connectivity index (χ1n) is 5.11. The minimum atomic E-state index is 0.0700. The summed E-state index contributed by atoms with van der Waals surface area (Å²) in [6.45, 7) is 1.52. The van der Waals surface area contributed by atoms with E-state index < -0.39 is 0 Å². The molecule has 4 heteroatoms. The highest BCUT2D eigenvalue weighted by atomic mass is 35.5. The molecule has 2 rings (SSSR count). The molecule has 0 spiro atoms. The molecule has 1 aromatic heterocycles. The summed E-state index contributed by atoms with van der Waals surface area (Å²) in [7, 11) is 0. The summed E-state index contributed by atoms with van der Waals surface area (Å²) in [4.78, 5) is 11.8. The molecule has 1 saturated heterocycles. The summed E-state index contributed by atoms with van der Waals surface area (Å²) in [6.07, 6.45) is 3.91. The SMILES string of the molecule is O=C(CC1CCOCC1)c1ccoc1Cl. The highest BCUT2D eigenvalue weighted by Crippen LogP contribution is 2.24. The highest BCUT2D eigenvalue weighted by Gasteiger charge is 2.20. The molecule has 1 aliphatic heterocycles. The zero-order chi connectivity index (χ0) is 10.7. The first-order valence-corrected chi connectivity index (χ1v) is 5.49. The standard InChI is InChI=1S/C11H13ClO3/c12-11-9(3-6-15-11)10(13)7-8-1-4-14-5-2-8/h3,6,8H,1-2,4-5,7H2. The largest absolute Gasteiger partial charge is 0.452 e. The number of ketones is 1. The zero-order valence-electron chi connectivity index (χ0n) is 8.37. The van der Waals surface area contributed by atoms with Crippen LogP contribution in [0.2, 0.25) is 5.22 Å². The van der Waals surface area contributed by atoms with E-state index in [1.807, 2.05) is 0 Å². The van der Waals surface area contributed by atoms with Crippen molar-refractivity contribution in [2.75, 3.05) is 13.2 Å². The van der Waals surface area contributed by atoms with E-state index in [2.05, 4.69) is 0 Å². The van der Waals surface area contributed by atoms with Crippen molar-refractivity contribution in [1.29, 1.82) is 0 Å². The van der Waals surface area contributed by atoms with Gasteiger partial charge in [-0.3, -0.25) is 4.79 Å². The predicted molar refractivity (Wildman–Crippen MR) is 56.2 cm³/mol. The van der Waals surface area contributed by atoms with E-state index in [9.17, 15) is 4.79 Å². The van der Waals surface area contributed by atoms with Gasteiger partial charge in [0.25, 0.3) is 0 Å². The minimum Gasteiger partial charge on any atom is -0.452 e. The van der Waals surface area contributed by atoms with Crippen LogP contribution in [0.1, 0.15) is 29.6 Å². The molecular formula is C11H13ClO3. The summed E-state index contributed by atoms with van der Waals surface area (Å²) in [5.41, 5.74) is 0.503. The number of Topliss-reactive ketones (excluding diaryl/α,β-unsaturated/α-hetero) is 1. The van der Waals surface area contributed by atoms with Crippen LogP contribution in [0.25, 0.3) is 0 Å². The van der Waals surface area contributed by atoms with Crippen molar-refractivity contribution in [2.24, 2.45) is 5.92 Å². The molecule has 2 heterocycles. The van der Waals surface area contributed by atoms with Gasteiger partial charge in [0.05, 0.1) is 11.8 Å². The second-order valence-corrected chi connectivity index (χ2v) is 4.13. The number of hydrogen-bond acceptors (Lipinski definition) is 3. The lowest BCUT2D eigenvalue weighted by molar-refractivity contribution is 0.0601. The van der Waals surface area contributed by atoms with Gasteiger partial charge in [0, 0.05) is 19.6 Å². The van der Waals surface area contributed by atoms with Crippen molar-refractivity contribution < 1.29 is 13.9 Å². The minimum absolute atomic E-state index is 0.0700. The smallest absolute Gasteiger partial charge is 0.203 e. The Morgan fingerprint density at radius 3 is 2.80 bits per heavy atom. The molecule has 0 aliphatic carbocycles. The number of carbonyl (C=O) groups excluding carboxylic acids is 1. The Morgan fingerprint density at radius 1 is 1.47 bits per heavy atom. The third-order valence-electron chi connectivity index (χ3n) is 2.73. The Hall–Kier alpha value is -0.800. The lowest BCUT2D eigenvalue weighted by Crippen LogP contribution is -2.18. The third-order valence-corrected chi connectivity index (χ3v) is 3.03. The number of hydrogen-bond donors (Lipinski definition) is 0. The fourth-order valence-corrected chi connectivity index (χ4v) is 2.04. The van der Waals surface area contributed by atoms with Gasteiger partial charge in [-0.15, -0.1) is 0 Å². The van der Waals surface area contributed by atoms with Crippen LogP contribution in [0.3, 0.4) is 0 Å². The molecule has 3 nitrogen and oxygen atoms in total. The first kappa shape index (κ1) is 10.7. The van der Waals surface area contributed by atoms with Crippen molar-refractivity contribution in [1.82, 2.24) is 0 Å². The van der Waals surface area contributed by atoms with Crippen molar-refractivity contribution in [3.8, 4) is 0 Å². The fourth-order valence-electron chi connectivity index (χ4n) is 1.82. The Morgan fingerprint density at radius 2 is 2.20 bits per heavy atom. The van der Waals surface area contributed by atoms with Crippen molar-refractivity contribution >= 4 is 17.4 Å². The normalized spacial score (nSPS) is 17.9.